The van der Waals surface area contributed by atoms with Crippen molar-refractivity contribution in [2.75, 3.05) is 39.8 Å². The van der Waals surface area contributed by atoms with Gasteiger partial charge in [0.1, 0.15) is 6.26 Å². The third-order valence-corrected chi connectivity index (χ3v) is 3.48. The molecule has 0 aliphatic carbocycles. The average molecular weight is 470 g/mol. The first-order valence-electron chi connectivity index (χ1n) is 6.59. The van der Waals surface area contributed by atoms with Crippen LogP contribution in [-0.2, 0) is 6.54 Å². The highest BCUT2D eigenvalue weighted by Gasteiger charge is 2.20. The zero-order chi connectivity index (χ0) is 14.4. The fourth-order valence-corrected chi connectivity index (χ4v) is 2.31. The summed E-state index contributed by atoms with van der Waals surface area (Å²) in [5.41, 5.74) is 0.983. The number of aliphatic imine (C=N–C) groups is 1. The number of aromatic nitrogens is 1. The number of nitrogens with one attached hydrogen (secondary N) is 1. The number of rotatable bonds is 4. The van der Waals surface area contributed by atoms with Crippen LogP contribution >= 0.6 is 39.9 Å². The van der Waals surface area contributed by atoms with E-state index in [1.807, 2.05) is 6.07 Å². The van der Waals surface area contributed by atoms with Gasteiger partial charge in [0.2, 0.25) is 0 Å². The maximum Gasteiger partial charge on any atom is 0.194 e. The zero-order valence-corrected chi connectivity index (χ0v) is 16.0. The van der Waals surface area contributed by atoms with E-state index in [0.29, 0.717) is 6.54 Å². The topological polar surface area (TPSA) is 56.9 Å². The molecule has 2 rings (SSSR count). The largest absolute Gasteiger partial charge is 0.364 e. The Morgan fingerprint density at radius 2 is 2.19 bits per heavy atom. The van der Waals surface area contributed by atoms with E-state index >= 15 is 0 Å². The molecule has 2 heterocycles. The lowest BCUT2D eigenvalue weighted by Crippen LogP contribution is -2.52. The van der Waals surface area contributed by atoms with Crippen LogP contribution in [0.2, 0.25) is 0 Å². The third-order valence-electron chi connectivity index (χ3n) is 3.20. The molecule has 118 valence electrons. The Bertz CT molecular complexity index is 457. The fourth-order valence-electron chi connectivity index (χ4n) is 2.17. The van der Waals surface area contributed by atoms with Gasteiger partial charge in [-0.3, -0.25) is 9.89 Å². The van der Waals surface area contributed by atoms with Crippen LogP contribution in [0, 0.1) is 0 Å². The molecule has 1 saturated heterocycles. The van der Waals surface area contributed by atoms with Gasteiger partial charge in [-0.25, -0.2) is 0 Å². The van der Waals surface area contributed by atoms with E-state index in [4.69, 9.17) is 4.52 Å². The Labute approximate surface area is 150 Å². The van der Waals surface area contributed by atoms with Gasteiger partial charge in [-0.2, -0.15) is 0 Å². The second-order valence-electron chi connectivity index (χ2n) is 4.67. The first-order chi connectivity index (χ1) is 9.69. The van der Waals surface area contributed by atoms with Gasteiger partial charge in [0.05, 0.1) is 5.69 Å². The number of guanidine groups is 1. The van der Waals surface area contributed by atoms with E-state index in [1.54, 1.807) is 13.3 Å². The van der Waals surface area contributed by atoms with Gasteiger partial charge in [0.25, 0.3) is 0 Å². The SMILES string of the molecule is C=C(Br)CNC(=NC)N1CCN(Cc2ccon2)CC1.I. The van der Waals surface area contributed by atoms with Gasteiger partial charge in [0, 0.05) is 56.9 Å². The molecule has 1 fully saturated rings. The van der Waals surface area contributed by atoms with Gasteiger partial charge in [-0.15, -0.1) is 24.0 Å². The van der Waals surface area contributed by atoms with Gasteiger partial charge in [-0.05, 0) is 0 Å². The number of hydrogen-bond donors (Lipinski definition) is 1. The molecule has 0 aromatic carbocycles. The summed E-state index contributed by atoms with van der Waals surface area (Å²) >= 11 is 3.34. The fraction of sp³-hybridized carbons (Fsp3) is 0.538. The highest BCUT2D eigenvalue weighted by Crippen LogP contribution is 2.07. The molecule has 0 spiro atoms. The van der Waals surface area contributed by atoms with Crippen LogP contribution in [0.3, 0.4) is 0 Å². The Kier molecular flexibility index (Phi) is 8.27. The van der Waals surface area contributed by atoms with Crippen molar-refractivity contribution in [1.29, 1.82) is 0 Å². The number of nitrogens with zero attached hydrogens (tertiary/aromatic N) is 4. The molecule has 8 heteroatoms. The first-order valence-corrected chi connectivity index (χ1v) is 7.39. The molecule has 1 aliphatic heterocycles. The van der Waals surface area contributed by atoms with E-state index in [2.05, 4.69) is 47.8 Å². The van der Waals surface area contributed by atoms with Gasteiger partial charge >= 0.3 is 0 Å². The van der Waals surface area contributed by atoms with Crippen molar-refractivity contribution < 1.29 is 4.52 Å². The molecule has 0 atom stereocenters. The molecular formula is C13H21BrIN5O. The van der Waals surface area contributed by atoms with Crippen LogP contribution in [0.15, 0.2) is 32.9 Å². The van der Waals surface area contributed by atoms with E-state index in [0.717, 1.165) is 48.9 Å². The normalized spacial score (nSPS) is 16.5. The Balaban J connectivity index is 0.00000220. The van der Waals surface area contributed by atoms with Crippen LogP contribution in [0.4, 0.5) is 0 Å². The van der Waals surface area contributed by atoms with E-state index in [9.17, 15) is 0 Å². The summed E-state index contributed by atoms with van der Waals surface area (Å²) in [4.78, 5) is 8.93. The molecule has 0 bridgehead atoms. The van der Waals surface area contributed by atoms with Crippen LogP contribution in [0.5, 0.6) is 0 Å². The first kappa shape index (κ1) is 18.4. The summed E-state index contributed by atoms with van der Waals surface area (Å²) in [6.07, 6.45) is 1.62. The van der Waals surface area contributed by atoms with Gasteiger partial charge in [-0.1, -0.05) is 27.7 Å². The molecule has 0 amide bonds. The summed E-state index contributed by atoms with van der Waals surface area (Å²) in [5, 5.41) is 7.23. The molecule has 0 unspecified atom stereocenters. The molecular weight excluding hydrogens is 449 g/mol. The molecule has 0 radical (unpaired) electrons. The lowest BCUT2D eigenvalue weighted by Gasteiger charge is -2.36. The van der Waals surface area contributed by atoms with Crippen molar-refractivity contribution in [2.24, 2.45) is 4.99 Å². The minimum Gasteiger partial charge on any atom is -0.364 e. The summed E-state index contributed by atoms with van der Waals surface area (Å²) in [6, 6.07) is 1.91. The molecule has 21 heavy (non-hydrogen) atoms. The Morgan fingerprint density at radius 1 is 1.48 bits per heavy atom. The zero-order valence-electron chi connectivity index (χ0n) is 12.1. The maximum absolute atomic E-state index is 4.86. The van der Waals surface area contributed by atoms with Crippen molar-refractivity contribution in [2.45, 2.75) is 6.54 Å². The monoisotopic (exact) mass is 469 g/mol. The lowest BCUT2D eigenvalue weighted by atomic mass is 10.3. The highest BCUT2D eigenvalue weighted by atomic mass is 127. The van der Waals surface area contributed by atoms with Crippen LogP contribution in [0.1, 0.15) is 5.69 Å². The minimum atomic E-state index is 0. The van der Waals surface area contributed by atoms with Crippen molar-refractivity contribution >= 4 is 45.9 Å². The molecule has 0 saturated carbocycles. The molecule has 1 aliphatic rings. The number of hydrogen-bond acceptors (Lipinski definition) is 4. The van der Waals surface area contributed by atoms with Crippen molar-refractivity contribution in [3.05, 3.63) is 29.1 Å². The Hall–Kier alpha value is -0.610. The van der Waals surface area contributed by atoms with Crippen molar-refractivity contribution in [1.82, 2.24) is 20.3 Å². The van der Waals surface area contributed by atoms with Gasteiger partial charge in [0.15, 0.2) is 5.96 Å². The lowest BCUT2D eigenvalue weighted by molar-refractivity contribution is 0.169. The van der Waals surface area contributed by atoms with Crippen molar-refractivity contribution in [3.8, 4) is 0 Å². The molecule has 6 nitrogen and oxygen atoms in total. The predicted molar refractivity (Wildman–Crippen MR) is 98.2 cm³/mol. The average Bonchev–Trinajstić information content (AvgIpc) is 2.94. The maximum atomic E-state index is 4.86. The summed E-state index contributed by atoms with van der Waals surface area (Å²) in [7, 11) is 1.81. The van der Waals surface area contributed by atoms with Gasteiger partial charge < -0.3 is 14.7 Å². The minimum absolute atomic E-state index is 0. The van der Waals surface area contributed by atoms with E-state index in [1.165, 1.54) is 0 Å². The smallest absolute Gasteiger partial charge is 0.194 e. The second-order valence-corrected chi connectivity index (χ2v) is 5.79. The summed E-state index contributed by atoms with van der Waals surface area (Å²) in [6.45, 7) is 9.22. The summed E-state index contributed by atoms with van der Waals surface area (Å²) in [5.74, 6) is 0.923. The number of halogens is 2. The third kappa shape index (κ3) is 5.95. The van der Waals surface area contributed by atoms with Crippen molar-refractivity contribution in [3.63, 3.8) is 0 Å². The quantitative estimate of drug-likeness (QED) is 0.414. The van der Waals surface area contributed by atoms with Crippen LogP contribution < -0.4 is 5.32 Å². The van der Waals surface area contributed by atoms with E-state index < -0.39 is 0 Å². The molecule has 1 aromatic heterocycles. The highest BCUT2D eigenvalue weighted by molar-refractivity contribution is 14.0. The van der Waals surface area contributed by atoms with E-state index in [-0.39, 0.29) is 24.0 Å². The second kappa shape index (κ2) is 9.42. The summed E-state index contributed by atoms with van der Waals surface area (Å²) < 4.78 is 5.78. The van der Waals surface area contributed by atoms with Crippen LogP contribution in [-0.4, -0.2) is 60.7 Å². The Morgan fingerprint density at radius 3 is 2.71 bits per heavy atom. The molecule has 1 aromatic rings. The number of piperazine rings is 1. The van der Waals surface area contributed by atoms with Crippen LogP contribution in [0.25, 0.3) is 0 Å². The predicted octanol–water partition coefficient (Wildman–Crippen LogP) is 1.89. The molecule has 1 N–H and O–H groups in total. The standard InChI is InChI=1S/C13H20BrN5O.HI/c1-11(14)9-16-13(15-2)19-6-4-18(5-7-19)10-12-3-8-20-17-12;/h3,8H,1,4-7,9-10H2,2H3,(H,15,16);1H.